The van der Waals surface area contributed by atoms with Gasteiger partial charge >= 0.3 is 0 Å². The molecule has 0 saturated carbocycles. The van der Waals surface area contributed by atoms with Gasteiger partial charge in [-0.2, -0.15) is 0 Å². The summed E-state index contributed by atoms with van der Waals surface area (Å²) in [5, 5.41) is 1.46. The first kappa shape index (κ1) is 14.3. The second-order valence-corrected chi connectivity index (χ2v) is 7.38. The molecule has 5 rings (SSSR count). The molecular formula is C19H23ClN2. The van der Waals surface area contributed by atoms with Gasteiger partial charge in [-0.25, -0.2) is 0 Å². The molecule has 0 aliphatic carbocycles. The van der Waals surface area contributed by atoms with Crippen molar-refractivity contribution in [3.63, 3.8) is 0 Å². The first-order valence-electron chi connectivity index (χ1n) is 8.31. The smallest absolute Gasteiger partial charge is 0.144 e. The fraction of sp³-hybridized carbons (Fsp3) is 0.474. The third-order valence-corrected chi connectivity index (χ3v) is 6.92. The van der Waals surface area contributed by atoms with Gasteiger partial charge in [0.25, 0.3) is 0 Å². The largest absolute Gasteiger partial charge is 1.00 e. The Kier molecular flexibility index (Phi) is 2.87. The molecule has 0 radical (unpaired) electrons. The number of quaternary nitrogens is 1. The summed E-state index contributed by atoms with van der Waals surface area (Å²) in [6.07, 6.45) is 5.00. The molecular weight excluding hydrogens is 292 g/mol. The Hall–Kier alpha value is -1.25. The molecule has 3 aliphatic rings. The first-order valence-corrected chi connectivity index (χ1v) is 8.31. The Morgan fingerprint density at radius 1 is 1.27 bits per heavy atom. The van der Waals surface area contributed by atoms with Crippen molar-refractivity contribution in [2.75, 3.05) is 19.6 Å². The number of nitrogens with zero attached hydrogens (tertiary/aromatic N) is 1. The number of hydrogen-bond acceptors (Lipinski definition) is 0. The number of piperidine rings is 1. The van der Waals surface area contributed by atoms with Gasteiger partial charge in [-0.3, -0.25) is 0 Å². The van der Waals surface area contributed by atoms with Crippen LogP contribution in [0.4, 0.5) is 0 Å². The Bertz CT molecular complexity index is 790. The summed E-state index contributed by atoms with van der Waals surface area (Å²) in [7, 11) is 0. The zero-order valence-corrected chi connectivity index (χ0v) is 14.1. The van der Waals surface area contributed by atoms with Gasteiger partial charge in [0.1, 0.15) is 12.1 Å². The van der Waals surface area contributed by atoms with E-state index in [-0.39, 0.29) is 17.9 Å². The molecule has 0 amide bonds. The third kappa shape index (κ3) is 1.37. The van der Waals surface area contributed by atoms with Gasteiger partial charge in [0.05, 0.1) is 24.7 Å². The predicted molar refractivity (Wildman–Crippen MR) is 86.1 cm³/mol. The number of nitrogens with one attached hydrogen (secondary N) is 1. The number of hydrogen-bond donors (Lipinski definition) is 1. The molecule has 3 aliphatic heterocycles. The van der Waals surface area contributed by atoms with Crippen LogP contribution in [0, 0.1) is 5.92 Å². The summed E-state index contributed by atoms with van der Waals surface area (Å²) >= 11 is 0. The van der Waals surface area contributed by atoms with Gasteiger partial charge in [0, 0.05) is 23.7 Å². The molecule has 1 N–H and O–H groups in total. The van der Waals surface area contributed by atoms with E-state index in [1.54, 1.807) is 16.8 Å². The van der Waals surface area contributed by atoms with E-state index in [1.165, 1.54) is 47.9 Å². The summed E-state index contributed by atoms with van der Waals surface area (Å²) in [5.74, 6) is 0.745. The van der Waals surface area contributed by atoms with Crippen molar-refractivity contribution in [3.05, 3.63) is 47.2 Å². The molecule has 2 nitrogen and oxygen atoms in total. The molecule has 3 atom stereocenters. The van der Waals surface area contributed by atoms with E-state index in [4.69, 9.17) is 0 Å². The van der Waals surface area contributed by atoms with Crippen molar-refractivity contribution < 1.29 is 16.9 Å². The van der Waals surface area contributed by atoms with E-state index in [0.717, 1.165) is 5.92 Å². The van der Waals surface area contributed by atoms with Crippen molar-refractivity contribution >= 4 is 10.9 Å². The van der Waals surface area contributed by atoms with Crippen molar-refractivity contribution in [1.29, 1.82) is 0 Å². The van der Waals surface area contributed by atoms with Crippen LogP contribution in [0.3, 0.4) is 0 Å². The number of para-hydroxylation sites is 1. The molecule has 116 valence electrons. The van der Waals surface area contributed by atoms with Crippen molar-refractivity contribution in [3.8, 4) is 0 Å². The van der Waals surface area contributed by atoms with Crippen LogP contribution < -0.4 is 12.4 Å². The highest BCUT2D eigenvalue weighted by atomic mass is 35.5. The minimum Gasteiger partial charge on any atom is -1.00 e. The summed E-state index contributed by atoms with van der Waals surface area (Å²) in [6.45, 7) is 8.74. The summed E-state index contributed by atoms with van der Waals surface area (Å²) < 4.78 is 1.30. The Labute approximate surface area is 138 Å². The van der Waals surface area contributed by atoms with E-state index < -0.39 is 0 Å². The van der Waals surface area contributed by atoms with Crippen LogP contribution in [0.15, 0.2) is 35.9 Å². The minimum atomic E-state index is 0. The van der Waals surface area contributed by atoms with Gasteiger partial charge in [-0.15, -0.1) is 0 Å². The maximum absolute atomic E-state index is 3.83. The molecule has 1 aromatic heterocycles. The van der Waals surface area contributed by atoms with Crippen molar-refractivity contribution in [2.45, 2.75) is 32.2 Å². The molecule has 0 spiro atoms. The van der Waals surface area contributed by atoms with Crippen molar-refractivity contribution in [1.82, 2.24) is 4.98 Å². The number of fused-ring (bicyclic) bond motifs is 3. The lowest BCUT2D eigenvalue weighted by Gasteiger charge is -2.46. The summed E-state index contributed by atoms with van der Waals surface area (Å²) in [4.78, 5) is 3.83. The Balaban J connectivity index is 0.00000125. The van der Waals surface area contributed by atoms with Gasteiger partial charge in [0.2, 0.25) is 0 Å². The van der Waals surface area contributed by atoms with Crippen LogP contribution in [0.5, 0.6) is 0 Å². The second-order valence-electron chi connectivity index (χ2n) is 7.38. The van der Waals surface area contributed by atoms with Crippen LogP contribution in [-0.4, -0.2) is 29.1 Å². The normalized spacial score (nSPS) is 37.2. The molecule has 2 saturated heterocycles. The summed E-state index contributed by atoms with van der Waals surface area (Å²) in [5.41, 5.74) is 6.48. The van der Waals surface area contributed by atoms with E-state index in [1.807, 2.05) is 0 Å². The highest BCUT2D eigenvalue weighted by Gasteiger charge is 2.67. The minimum absolute atomic E-state index is 0. The first-order chi connectivity index (χ1) is 10.2. The summed E-state index contributed by atoms with van der Waals surface area (Å²) in [6, 6.07) is 8.87. The molecule has 2 bridgehead atoms. The lowest BCUT2D eigenvalue weighted by molar-refractivity contribution is -0.961. The van der Waals surface area contributed by atoms with Crippen LogP contribution in [-0.2, 0) is 12.0 Å². The van der Waals surface area contributed by atoms with Crippen LogP contribution >= 0.6 is 0 Å². The monoisotopic (exact) mass is 314 g/mol. The quantitative estimate of drug-likeness (QED) is 0.545. The fourth-order valence-corrected chi connectivity index (χ4v) is 5.81. The number of benzene rings is 1. The number of allylic oxidation sites excluding steroid dienone is 1. The lowest BCUT2D eigenvalue weighted by atomic mass is 9.78. The standard InChI is InChI=1S/C19H23N2.ClH/c1-3-13-12-21-10-8-15-14-6-4-5-7-17(14)20-18(15)19(21,2)16(13)9-11-21;/h3-7,16,20H,8-12H2,1-2H3;1H/q+1;/p-1/b13-3-;/t16-,19+,21+;/m0./s1. The maximum Gasteiger partial charge on any atom is 0.144 e. The van der Waals surface area contributed by atoms with Gasteiger partial charge in [-0.1, -0.05) is 24.3 Å². The number of halogens is 1. The number of rotatable bonds is 0. The molecule has 1 aromatic carbocycles. The second kappa shape index (κ2) is 4.39. The zero-order valence-electron chi connectivity index (χ0n) is 13.3. The van der Waals surface area contributed by atoms with Gasteiger partial charge in [0.15, 0.2) is 0 Å². The van der Waals surface area contributed by atoms with Crippen LogP contribution in [0.1, 0.15) is 31.5 Å². The average Bonchev–Trinajstić information content (AvgIpc) is 3.11. The molecule has 4 heterocycles. The fourth-order valence-electron chi connectivity index (χ4n) is 5.81. The topological polar surface area (TPSA) is 15.8 Å². The maximum atomic E-state index is 3.83. The lowest BCUT2D eigenvalue weighted by Crippen LogP contribution is -3.00. The van der Waals surface area contributed by atoms with Gasteiger partial charge < -0.3 is 21.9 Å². The molecule has 2 aromatic rings. The number of H-pyrrole nitrogens is 1. The molecule has 2 fully saturated rings. The SMILES string of the molecule is C/C=C1/C[N@+]23CCc4c([nH]c5ccccc45)[C@@]2(C)[C@H]1CC3.[Cl-]. The molecule has 0 unspecified atom stereocenters. The molecule has 22 heavy (non-hydrogen) atoms. The highest BCUT2D eigenvalue weighted by molar-refractivity contribution is 5.85. The zero-order chi connectivity index (χ0) is 14.2. The number of aromatic nitrogens is 1. The van der Waals surface area contributed by atoms with E-state index in [0.29, 0.717) is 0 Å². The Morgan fingerprint density at radius 2 is 2.09 bits per heavy atom. The van der Waals surface area contributed by atoms with Crippen molar-refractivity contribution in [2.24, 2.45) is 5.92 Å². The Morgan fingerprint density at radius 3 is 2.91 bits per heavy atom. The van der Waals surface area contributed by atoms with Gasteiger partial charge in [-0.05, 0) is 31.1 Å². The van der Waals surface area contributed by atoms with E-state index in [9.17, 15) is 0 Å². The van der Waals surface area contributed by atoms with E-state index >= 15 is 0 Å². The third-order valence-electron chi connectivity index (χ3n) is 6.92. The van der Waals surface area contributed by atoms with E-state index in [2.05, 4.69) is 49.2 Å². The van der Waals surface area contributed by atoms with Crippen LogP contribution in [0.25, 0.3) is 10.9 Å². The molecule has 3 heteroatoms. The number of aromatic amines is 1. The predicted octanol–water partition coefficient (Wildman–Crippen LogP) is 0.740. The highest BCUT2D eigenvalue weighted by Crippen LogP contribution is 2.60. The average molecular weight is 315 g/mol. The van der Waals surface area contributed by atoms with Crippen LogP contribution in [0.2, 0.25) is 0 Å².